The van der Waals surface area contributed by atoms with Crippen LogP contribution in [-0.2, 0) is 4.79 Å². The summed E-state index contributed by atoms with van der Waals surface area (Å²) in [5.41, 5.74) is 1.13. The van der Waals surface area contributed by atoms with E-state index in [9.17, 15) is 4.79 Å². The fraction of sp³-hybridized carbons (Fsp3) is 0.417. The molecule has 78 valence electrons. The van der Waals surface area contributed by atoms with Crippen molar-refractivity contribution in [1.82, 2.24) is 0 Å². The highest BCUT2D eigenvalue weighted by Gasteiger charge is 2.19. The van der Waals surface area contributed by atoms with Crippen LogP contribution in [0.25, 0.3) is 0 Å². The molecule has 0 saturated carbocycles. The third kappa shape index (κ3) is 3.18. The molecule has 0 aromatic heterocycles. The van der Waals surface area contributed by atoms with Gasteiger partial charge in [-0.3, -0.25) is 4.79 Å². The van der Waals surface area contributed by atoms with Gasteiger partial charge in [-0.2, -0.15) is 13.5 Å². The molecule has 0 fully saturated rings. The molecule has 14 heavy (non-hydrogen) atoms. The monoisotopic (exact) mass is 210 g/mol. The van der Waals surface area contributed by atoms with E-state index >= 15 is 0 Å². The van der Waals surface area contributed by atoms with Crippen LogP contribution in [0.4, 0.5) is 0 Å². The molecule has 1 aromatic carbocycles. The zero-order valence-corrected chi connectivity index (χ0v) is 9.95. The van der Waals surface area contributed by atoms with E-state index in [1.165, 1.54) is 0 Å². The molecule has 1 aromatic rings. The molecule has 0 aliphatic heterocycles. The summed E-state index contributed by atoms with van der Waals surface area (Å²) >= 11 is 0. The maximum absolute atomic E-state index is 11.4. The predicted octanol–water partition coefficient (Wildman–Crippen LogP) is 3.13. The molecule has 0 spiro atoms. The summed E-state index contributed by atoms with van der Waals surface area (Å²) in [6, 6.07) is 9.97. The minimum absolute atomic E-state index is 0. The van der Waals surface area contributed by atoms with Gasteiger partial charge in [0.05, 0.1) is 0 Å². The summed E-state index contributed by atoms with van der Waals surface area (Å²) in [4.78, 5) is 11.4. The van der Waals surface area contributed by atoms with Gasteiger partial charge in [-0.1, -0.05) is 44.2 Å². The SMILES string of the molecule is CC(=O)C(c1ccccc1)C(C)C.S. The number of hydrogen-bond acceptors (Lipinski definition) is 1. The lowest BCUT2D eigenvalue weighted by atomic mass is 9.86. The van der Waals surface area contributed by atoms with Crippen LogP contribution in [0.5, 0.6) is 0 Å². The van der Waals surface area contributed by atoms with Crippen LogP contribution in [0.3, 0.4) is 0 Å². The summed E-state index contributed by atoms with van der Waals surface area (Å²) in [6.07, 6.45) is 0. The lowest BCUT2D eigenvalue weighted by Crippen LogP contribution is -2.14. The molecule has 0 heterocycles. The average molecular weight is 210 g/mol. The normalized spacial score (nSPS) is 12.0. The Morgan fingerprint density at radius 2 is 1.64 bits per heavy atom. The Hall–Kier alpha value is -0.760. The van der Waals surface area contributed by atoms with E-state index in [0.717, 1.165) is 5.56 Å². The molecule has 1 unspecified atom stereocenters. The third-order valence-electron chi connectivity index (χ3n) is 2.26. The van der Waals surface area contributed by atoms with E-state index < -0.39 is 0 Å². The number of benzene rings is 1. The Bertz CT molecular complexity index is 280. The van der Waals surface area contributed by atoms with E-state index in [-0.39, 0.29) is 25.2 Å². The number of Topliss-reactive ketones (excluding diaryl/α,β-unsaturated/α-hetero) is 1. The lowest BCUT2D eigenvalue weighted by molar-refractivity contribution is -0.119. The van der Waals surface area contributed by atoms with Crippen molar-refractivity contribution in [2.45, 2.75) is 26.7 Å². The van der Waals surface area contributed by atoms with Crippen LogP contribution < -0.4 is 0 Å². The van der Waals surface area contributed by atoms with Crippen LogP contribution in [0.2, 0.25) is 0 Å². The molecule has 0 N–H and O–H groups in total. The van der Waals surface area contributed by atoms with Gasteiger partial charge in [0.2, 0.25) is 0 Å². The zero-order valence-electron chi connectivity index (χ0n) is 8.95. The van der Waals surface area contributed by atoms with Gasteiger partial charge in [0.15, 0.2) is 0 Å². The molecule has 1 nitrogen and oxygen atoms in total. The molecule has 0 aliphatic rings. The summed E-state index contributed by atoms with van der Waals surface area (Å²) in [7, 11) is 0. The number of rotatable bonds is 3. The summed E-state index contributed by atoms with van der Waals surface area (Å²) in [6.45, 7) is 5.83. The second-order valence-corrected chi connectivity index (χ2v) is 3.74. The summed E-state index contributed by atoms with van der Waals surface area (Å²) < 4.78 is 0. The molecule has 1 atom stereocenters. The van der Waals surface area contributed by atoms with E-state index in [1.807, 2.05) is 30.3 Å². The molecule has 0 radical (unpaired) electrons. The molecule has 0 saturated heterocycles. The molecular weight excluding hydrogens is 192 g/mol. The van der Waals surface area contributed by atoms with E-state index in [1.54, 1.807) is 6.92 Å². The van der Waals surface area contributed by atoms with Crippen molar-refractivity contribution >= 4 is 19.3 Å². The van der Waals surface area contributed by atoms with Crippen LogP contribution in [0.15, 0.2) is 30.3 Å². The first kappa shape index (κ1) is 13.2. The topological polar surface area (TPSA) is 17.1 Å². The van der Waals surface area contributed by atoms with Gasteiger partial charge in [-0.15, -0.1) is 0 Å². The van der Waals surface area contributed by atoms with Crippen LogP contribution >= 0.6 is 13.5 Å². The van der Waals surface area contributed by atoms with Crippen molar-refractivity contribution in [3.05, 3.63) is 35.9 Å². The second kappa shape index (κ2) is 5.86. The Balaban J connectivity index is 0.00000169. The van der Waals surface area contributed by atoms with Gasteiger partial charge in [0.1, 0.15) is 5.78 Å². The maximum Gasteiger partial charge on any atom is 0.137 e. The lowest BCUT2D eigenvalue weighted by Gasteiger charge is -2.17. The first-order valence-electron chi connectivity index (χ1n) is 4.68. The van der Waals surface area contributed by atoms with E-state index in [4.69, 9.17) is 0 Å². The molecule has 2 heteroatoms. The van der Waals surface area contributed by atoms with Crippen molar-refractivity contribution in [2.24, 2.45) is 5.92 Å². The molecule has 0 amide bonds. The highest BCUT2D eigenvalue weighted by molar-refractivity contribution is 7.59. The zero-order chi connectivity index (χ0) is 9.84. The first-order valence-corrected chi connectivity index (χ1v) is 4.68. The van der Waals surface area contributed by atoms with Gasteiger partial charge in [0.25, 0.3) is 0 Å². The summed E-state index contributed by atoms with van der Waals surface area (Å²) in [5.74, 6) is 0.683. The van der Waals surface area contributed by atoms with Gasteiger partial charge in [-0.25, -0.2) is 0 Å². The van der Waals surface area contributed by atoms with Gasteiger partial charge < -0.3 is 0 Å². The highest BCUT2D eigenvalue weighted by Crippen LogP contribution is 2.24. The fourth-order valence-electron chi connectivity index (χ4n) is 1.75. The van der Waals surface area contributed by atoms with Crippen molar-refractivity contribution in [3.63, 3.8) is 0 Å². The Morgan fingerprint density at radius 3 is 2.00 bits per heavy atom. The van der Waals surface area contributed by atoms with Gasteiger partial charge in [0, 0.05) is 5.92 Å². The van der Waals surface area contributed by atoms with E-state index in [0.29, 0.717) is 5.92 Å². The number of ketones is 1. The molecule has 0 bridgehead atoms. The number of hydrogen-bond donors (Lipinski definition) is 0. The standard InChI is InChI=1S/C12H16O.H2S/c1-9(2)12(10(3)13)11-7-5-4-6-8-11;/h4-9,12H,1-3H3;1H2. The van der Waals surface area contributed by atoms with Gasteiger partial charge in [-0.05, 0) is 18.4 Å². The first-order chi connectivity index (χ1) is 6.13. The maximum atomic E-state index is 11.4. The summed E-state index contributed by atoms with van der Waals surface area (Å²) in [5, 5.41) is 0. The van der Waals surface area contributed by atoms with Crippen LogP contribution in [0.1, 0.15) is 32.3 Å². The van der Waals surface area contributed by atoms with E-state index in [2.05, 4.69) is 13.8 Å². The molecular formula is C12H18OS. The smallest absolute Gasteiger partial charge is 0.137 e. The Labute approximate surface area is 93.0 Å². The number of carbonyl (C=O) groups excluding carboxylic acids is 1. The largest absolute Gasteiger partial charge is 0.299 e. The van der Waals surface area contributed by atoms with Crippen molar-refractivity contribution in [2.75, 3.05) is 0 Å². The Kier molecular flexibility index (Phi) is 5.55. The fourth-order valence-corrected chi connectivity index (χ4v) is 1.75. The minimum atomic E-state index is 0. The van der Waals surface area contributed by atoms with Crippen molar-refractivity contribution in [1.29, 1.82) is 0 Å². The predicted molar refractivity (Wildman–Crippen MR) is 65.1 cm³/mol. The average Bonchev–Trinajstić information content (AvgIpc) is 2.04. The van der Waals surface area contributed by atoms with Gasteiger partial charge >= 0.3 is 0 Å². The quantitative estimate of drug-likeness (QED) is 0.749. The van der Waals surface area contributed by atoms with Crippen molar-refractivity contribution < 1.29 is 4.79 Å². The number of carbonyl (C=O) groups is 1. The van der Waals surface area contributed by atoms with Crippen molar-refractivity contribution in [3.8, 4) is 0 Å². The van der Waals surface area contributed by atoms with Crippen LogP contribution in [-0.4, -0.2) is 5.78 Å². The van der Waals surface area contributed by atoms with Crippen LogP contribution in [0, 0.1) is 5.92 Å². The second-order valence-electron chi connectivity index (χ2n) is 3.74. The third-order valence-corrected chi connectivity index (χ3v) is 2.26. The highest BCUT2D eigenvalue weighted by atomic mass is 32.1. The molecule has 1 rings (SSSR count). The Morgan fingerprint density at radius 1 is 1.14 bits per heavy atom. The molecule has 0 aliphatic carbocycles. The minimum Gasteiger partial charge on any atom is -0.299 e.